The number of nitrogens with zero attached hydrogens (tertiary/aromatic N) is 1. The summed E-state index contributed by atoms with van der Waals surface area (Å²) in [6.45, 7) is 1.29. The highest BCUT2D eigenvalue weighted by molar-refractivity contribution is 7.87. The molecule has 0 aliphatic carbocycles. The summed E-state index contributed by atoms with van der Waals surface area (Å²) in [7, 11) is -2.00. The molecule has 0 bridgehead atoms. The molecular formula is C13H20N2O3S2. The minimum absolute atomic E-state index is 0.0588. The zero-order valence-electron chi connectivity index (χ0n) is 11.4. The maximum atomic E-state index is 11.9. The van der Waals surface area contributed by atoms with Gasteiger partial charge in [0, 0.05) is 18.8 Å². The lowest BCUT2D eigenvalue weighted by Gasteiger charge is -2.23. The zero-order valence-corrected chi connectivity index (χ0v) is 13.1. The first-order chi connectivity index (χ1) is 9.53. The van der Waals surface area contributed by atoms with Crippen LogP contribution in [0.25, 0.3) is 0 Å². The molecule has 0 unspecified atom stereocenters. The van der Waals surface area contributed by atoms with E-state index in [1.807, 2.05) is 30.3 Å². The molecule has 5 nitrogen and oxygen atoms in total. The van der Waals surface area contributed by atoms with Gasteiger partial charge in [-0.2, -0.15) is 25.4 Å². The molecule has 1 heterocycles. The van der Waals surface area contributed by atoms with E-state index in [4.69, 9.17) is 4.74 Å². The first-order valence-corrected chi connectivity index (χ1v) is 8.48. The normalized spacial score (nSPS) is 24.1. The van der Waals surface area contributed by atoms with E-state index >= 15 is 0 Å². The van der Waals surface area contributed by atoms with Crippen LogP contribution in [0.1, 0.15) is 12.0 Å². The molecule has 0 aromatic heterocycles. The maximum Gasteiger partial charge on any atom is 0.279 e. The number of hydrogen-bond donors (Lipinski definition) is 2. The largest absolute Gasteiger partial charge is 0.375 e. The Labute approximate surface area is 125 Å². The predicted molar refractivity (Wildman–Crippen MR) is 82.0 cm³/mol. The van der Waals surface area contributed by atoms with Gasteiger partial charge in [-0.25, -0.2) is 4.72 Å². The average molecular weight is 316 g/mol. The van der Waals surface area contributed by atoms with Gasteiger partial charge in [0.1, 0.15) is 0 Å². The molecule has 0 amide bonds. The summed E-state index contributed by atoms with van der Waals surface area (Å²) < 4.78 is 33.3. The molecule has 1 aliphatic heterocycles. The van der Waals surface area contributed by atoms with E-state index in [1.54, 1.807) is 0 Å². The van der Waals surface area contributed by atoms with Crippen molar-refractivity contribution in [3.8, 4) is 0 Å². The van der Waals surface area contributed by atoms with Crippen LogP contribution in [0.5, 0.6) is 0 Å². The lowest BCUT2D eigenvalue weighted by Crippen LogP contribution is -2.43. The Balaban J connectivity index is 1.91. The van der Waals surface area contributed by atoms with E-state index in [0.717, 1.165) is 5.56 Å². The lowest BCUT2D eigenvalue weighted by atomic mass is 10.2. The summed E-state index contributed by atoms with van der Waals surface area (Å²) in [5.74, 6) is 0. The van der Waals surface area contributed by atoms with E-state index in [-0.39, 0.29) is 11.3 Å². The van der Waals surface area contributed by atoms with Crippen LogP contribution >= 0.6 is 12.6 Å². The second-order valence-corrected chi connectivity index (χ2v) is 7.38. The summed E-state index contributed by atoms with van der Waals surface area (Å²) in [6, 6.07) is 9.67. The molecular weight excluding hydrogens is 296 g/mol. The Kier molecular flexibility index (Phi) is 5.45. The minimum atomic E-state index is -3.42. The van der Waals surface area contributed by atoms with Gasteiger partial charge in [-0.1, -0.05) is 30.3 Å². The van der Waals surface area contributed by atoms with Gasteiger partial charge in [0.25, 0.3) is 10.2 Å². The summed E-state index contributed by atoms with van der Waals surface area (Å²) in [6.07, 6.45) is 0.707. The van der Waals surface area contributed by atoms with E-state index in [9.17, 15) is 8.42 Å². The van der Waals surface area contributed by atoms with Gasteiger partial charge in [-0.15, -0.1) is 0 Å². The molecule has 0 saturated carbocycles. The fourth-order valence-corrected chi connectivity index (χ4v) is 3.99. The van der Waals surface area contributed by atoms with Crippen LogP contribution in [-0.2, 0) is 21.6 Å². The molecule has 1 aliphatic rings. The summed E-state index contributed by atoms with van der Waals surface area (Å²) in [4.78, 5) is 0. The molecule has 1 saturated heterocycles. The highest BCUT2D eigenvalue weighted by Gasteiger charge is 2.37. The quantitative estimate of drug-likeness (QED) is 0.771. The molecule has 20 heavy (non-hydrogen) atoms. The van der Waals surface area contributed by atoms with Gasteiger partial charge in [-0.05, 0) is 12.0 Å². The Bertz CT molecular complexity index is 522. The Morgan fingerprint density at radius 3 is 2.75 bits per heavy atom. The van der Waals surface area contributed by atoms with Crippen molar-refractivity contribution in [2.24, 2.45) is 0 Å². The molecule has 2 rings (SSSR count). The maximum absolute atomic E-state index is 11.9. The fourth-order valence-electron chi connectivity index (χ4n) is 2.31. The number of hydrogen-bond acceptors (Lipinski definition) is 4. The van der Waals surface area contributed by atoms with E-state index in [2.05, 4.69) is 17.4 Å². The van der Waals surface area contributed by atoms with Gasteiger partial charge in [0.2, 0.25) is 0 Å². The highest BCUT2D eigenvalue weighted by atomic mass is 32.2. The standard InChI is InChI=1S/C13H20N2O3S2/c1-14-20(16,17)15-8-13(19)7-12(15)10-18-9-11-5-3-2-4-6-11/h2-6,12-14,19H,7-10H2,1H3/t12-,13+/m0/s1. The van der Waals surface area contributed by atoms with E-state index in [1.165, 1.54) is 11.4 Å². The van der Waals surface area contributed by atoms with Crippen LogP contribution in [0.3, 0.4) is 0 Å². The average Bonchev–Trinajstić information content (AvgIpc) is 2.82. The third-order valence-electron chi connectivity index (χ3n) is 3.33. The third-order valence-corrected chi connectivity index (χ3v) is 5.29. The second kappa shape index (κ2) is 6.91. The van der Waals surface area contributed by atoms with Crippen LogP contribution in [0.4, 0.5) is 0 Å². The SMILES string of the molecule is CNS(=O)(=O)N1C[C@H](S)C[C@H]1COCc1ccccc1. The van der Waals surface area contributed by atoms with Gasteiger partial charge >= 0.3 is 0 Å². The van der Waals surface area contributed by atoms with Gasteiger partial charge in [-0.3, -0.25) is 0 Å². The topological polar surface area (TPSA) is 58.6 Å². The monoisotopic (exact) mass is 316 g/mol. The molecule has 2 atom stereocenters. The zero-order chi connectivity index (χ0) is 14.6. The van der Waals surface area contributed by atoms with Crippen molar-refractivity contribution in [3.05, 3.63) is 35.9 Å². The van der Waals surface area contributed by atoms with Crippen molar-refractivity contribution in [2.45, 2.75) is 24.3 Å². The molecule has 1 aromatic carbocycles. The number of rotatable bonds is 6. The minimum Gasteiger partial charge on any atom is -0.375 e. The van der Waals surface area contributed by atoms with Crippen molar-refractivity contribution >= 4 is 22.8 Å². The van der Waals surface area contributed by atoms with Gasteiger partial charge in [0.15, 0.2) is 0 Å². The van der Waals surface area contributed by atoms with Gasteiger partial charge < -0.3 is 4.74 Å². The number of ether oxygens (including phenoxy) is 1. The van der Waals surface area contributed by atoms with Crippen LogP contribution in [0, 0.1) is 0 Å². The fraction of sp³-hybridized carbons (Fsp3) is 0.538. The van der Waals surface area contributed by atoms with Gasteiger partial charge in [0.05, 0.1) is 19.3 Å². The molecule has 112 valence electrons. The first kappa shape index (κ1) is 15.8. The predicted octanol–water partition coefficient (Wildman–Crippen LogP) is 1.04. The summed E-state index contributed by atoms with van der Waals surface area (Å²) in [5.41, 5.74) is 1.08. The molecule has 0 radical (unpaired) electrons. The van der Waals surface area contributed by atoms with Crippen LogP contribution < -0.4 is 4.72 Å². The highest BCUT2D eigenvalue weighted by Crippen LogP contribution is 2.24. The molecule has 1 aromatic rings. The molecule has 1 fully saturated rings. The molecule has 7 heteroatoms. The summed E-state index contributed by atoms with van der Waals surface area (Å²) >= 11 is 4.38. The van der Waals surface area contributed by atoms with Crippen molar-refractivity contribution < 1.29 is 13.2 Å². The van der Waals surface area contributed by atoms with Crippen molar-refractivity contribution in [3.63, 3.8) is 0 Å². The van der Waals surface area contributed by atoms with Crippen LogP contribution in [0.2, 0.25) is 0 Å². The molecule has 1 N–H and O–H groups in total. The Hall–Kier alpha value is -0.600. The lowest BCUT2D eigenvalue weighted by molar-refractivity contribution is 0.0871. The van der Waals surface area contributed by atoms with Crippen molar-refractivity contribution in [1.29, 1.82) is 0 Å². The second-order valence-electron chi connectivity index (χ2n) is 4.82. The first-order valence-electron chi connectivity index (χ1n) is 6.53. The van der Waals surface area contributed by atoms with Crippen molar-refractivity contribution in [2.75, 3.05) is 20.2 Å². The van der Waals surface area contributed by atoms with E-state index in [0.29, 0.717) is 26.2 Å². The van der Waals surface area contributed by atoms with Crippen LogP contribution in [0.15, 0.2) is 30.3 Å². The number of thiol groups is 1. The smallest absolute Gasteiger partial charge is 0.279 e. The van der Waals surface area contributed by atoms with Crippen LogP contribution in [-0.4, -0.2) is 44.2 Å². The molecule has 0 spiro atoms. The van der Waals surface area contributed by atoms with E-state index < -0.39 is 10.2 Å². The number of benzene rings is 1. The van der Waals surface area contributed by atoms with Crippen molar-refractivity contribution in [1.82, 2.24) is 9.03 Å². The Morgan fingerprint density at radius 1 is 1.40 bits per heavy atom. The summed E-state index contributed by atoms with van der Waals surface area (Å²) in [5, 5.41) is 0.0588. The third kappa shape index (κ3) is 3.95. The number of nitrogens with one attached hydrogen (secondary N) is 1. The Morgan fingerprint density at radius 2 is 2.10 bits per heavy atom.